The molecule has 0 radical (unpaired) electrons. The molecule has 4 nitrogen and oxygen atoms in total. The van der Waals surface area contributed by atoms with Gasteiger partial charge in [-0.1, -0.05) is 13.3 Å². The zero-order valence-corrected chi connectivity index (χ0v) is 13.1. The van der Waals surface area contributed by atoms with E-state index in [4.69, 9.17) is 4.74 Å². The van der Waals surface area contributed by atoms with Crippen molar-refractivity contribution in [2.75, 3.05) is 33.3 Å². The van der Waals surface area contributed by atoms with Crippen molar-refractivity contribution in [3.8, 4) is 5.75 Å². The summed E-state index contributed by atoms with van der Waals surface area (Å²) in [6, 6.07) is 7.53. The van der Waals surface area contributed by atoms with Crippen LogP contribution >= 0.6 is 0 Å². The van der Waals surface area contributed by atoms with Crippen LogP contribution in [0.4, 0.5) is 0 Å². The molecule has 0 saturated carbocycles. The van der Waals surface area contributed by atoms with Crippen molar-refractivity contribution < 1.29 is 9.53 Å². The van der Waals surface area contributed by atoms with E-state index >= 15 is 0 Å². The van der Waals surface area contributed by atoms with E-state index in [0.29, 0.717) is 5.92 Å². The van der Waals surface area contributed by atoms with Gasteiger partial charge in [-0.25, -0.2) is 0 Å². The lowest BCUT2D eigenvalue weighted by molar-refractivity contribution is 0.0787. The highest BCUT2D eigenvalue weighted by Crippen LogP contribution is 2.20. The second kappa shape index (κ2) is 8.03. The third kappa shape index (κ3) is 4.46. The lowest BCUT2D eigenvalue weighted by atomic mass is 10.1. The van der Waals surface area contributed by atoms with Crippen molar-refractivity contribution >= 4 is 5.91 Å². The molecule has 0 aliphatic carbocycles. The maximum Gasteiger partial charge on any atom is 0.253 e. The summed E-state index contributed by atoms with van der Waals surface area (Å²) in [6.07, 6.45) is 3.27. The summed E-state index contributed by atoms with van der Waals surface area (Å²) in [5, 5.41) is 3.19. The van der Waals surface area contributed by atoms with E-state index in [0.717, 1.165) is 56.8 Å². The van der Waals surface area contributed by atoms with Gasteiger partial charge in [0.05, 0.1) is 6.61 Å². The molecule has 1 atom stereocenters. The number of hydrogen-bond acceptors (Lipinski definition) is 3. The average Bonchev–Trinajstić information content (AvgIpc) is 2.97. The van der Waals surface area contributed by atoms with Crippen LogP contribution in [0.3, 0.4) is 0 Å². The minimum atomic E-state index is 0.133. The van der Waals surface area contributed by atoms with Crippen molar-refractivity contribution in [2.45, 2.75) is 26.2 Å². The topological polar surface area (TPSA) is 41.6 Å². The molecule has 1 N–H and O–H groups in total. The lowest BCUT2D eigenvalue weighted by Crippen LogP contribution is -2.30. The Balaban J connectivity index is 1.88. The molecule has 116 valence electrons. The SMILES string of the molecule is CCCCOc1ccc(C(=O)N2CCC(CNC)C2)cc1. The number of ether oxygens (including phenoxy) is 1. The molecule has 1 unspecified atom stereocenters. The van der Waals surface area contributed by atoms with Crippen LogP contribution in [0.2, 0.25) is 0 Å². The quantitative estimate of drug-likeness (QED) is 0.785. The van der Waals surface area contributed by atoms with Gasteiger partial charge in [-0.3, -0.25) is 4.79 Å². The second-order valence-electron chi connectivity index (χ2n) is 5.69. The Morgan fingerprint density at radius 1 is 1.38 bits per heavy atom. The first-order valence-electron chi connectivity index (χ1n) is 7.91. The monoisotopic (exact) mass is 290 g/mol. The first-order valence-corrected chi connectivity index (χ1v) is 7.91. The van der Waals surface area contributed by atoms with E-state index < -0.39 is 0 Å². The van der Waals surface area contributed by atoms with E-state index in [9.17, 15) is 4.79 Å². The predicted molar refractivity (Wildman–Crippen MR) is 84.8 cm³/mol. The van der Waals surface area contributed by atoms with Gasteiger partial charge in [-0.05, 0) is 56.6 Å². The first-order chi connectivity index (χ1) is 10.2. The number of hydrogen-bond donors (Lipinski definition) is 1. The molecule has 1 fully saturated rings. The van der Waals surface area contributed by atoms with E-state index in [1.54, 1.807) is 0 Å². The zero-order chi connectivity index (χ0) is 15.1. The normalized spacial score (nSPS) is 18.0. The number of amides is 1. The van der Waals surface area contributed by atoms with Crippen molar-refractivity contribution in [1.29, 1.82) is 0 Å². The number of unbranched alkanes of at least 4 members (excludes halogenated alkanes) is 1. The smallest absolute Gasteiger partial charge is 0.253 e. The van der Waals surface area contributed by atoms with Gasteiger partial charge in [0.25, 0.3) is 5.91 Å². The molecule has 1 aliphatic heterocycles. The van der Waals surface area contributed by atoms with Crippen LogP contribution in [0, 0.1) is 5.92 Å². The predicted octanol–water partition coefficient (Wildman–Crippen LogP) is 2.55. The lowest BCUT2D eigenvalue weighted by Gasteiger charge is -2.17. The Morgan fingerprint density at radius 3 is 2.81 bits per heavy atom. The summed E-state index contributed by atoms with van der Waals surface area (Å²) in [5.41, 5.74) is 0.753. The Labute approximate surface area is 127 Å². The van der Waals surface area contributed by atoms with Crippen LogP contribution in [0.5, 0.6) is 5.75 Å². The van der Waals surface area contributed by atoms with Crippen LogP contribution in [0.1, 0.15) is 36.5 Å². The number of benzene rings is 1. The van der Waals surface area contributed by atoms with Crippen LogP contribution in [0.15, 0.2) is 24.3 Å². The molecule has 0 bridgehead atoms. The summed E-state index contributed by atoms with van der Waals surface area (Å²) in [4.78, 5) is 14.4. The van der Waals surface area contributed by atoms with Gasteiger partial charge < -0.3 is 15.0 Å². The molecule has 1 amide bonds. The Morgan fingerprint density at radius 2 is 2.14 bits per heavy atom. The molecule has 0 aromatic heterocycles. The van der Waals surface area contributed by atoms with Gasteiger partial charge in [-0.15, -0.1) is 0 Å². The maximum absolute atomic E-state index is 12.4. The Hall–Kier alpha value is -1.55. The molecule has 1 saturated heterocycles. The molecule has 4 heteroatoms. The molecular weight excluding hydrogens is 264 g/mol. The van der Waals surface area contributed by atoms with Crippen LogP contribution < -0.4 is 10.1 Å². The zero-order valence-electron chi connectivity index (χ0n) is 13.1. The molecule has 2 rings (SSSR count). The van der Waals surface area contributed by atoms with Gasteiger partial charge in [0, 0.05) is 18.7 Å². The van der Waals surface area contributed by atoms with Gasteiger partial charge in [0.15, 0.2) is 0 Å². The fourth-order valence-corrected chi connectivity index (χ4v) is 2.68. The van der Waals surface area contributed by atoms with Crippen molar-refractivity contribution in [1.82, 2.24) is 10.2 Å². The second-order valence-corrected chi connectivity index (χ2v) is 5.69. The fourth-order valence-electron chi connectivity index (χ4n) is 2.68. The minimum absolute atomic E-state index is 0.133. The molecule has 1 aliphatic rings. The molecular formula is C17H26N2O2. The van der Waals surface area contributed by atoms with Crippen molar-refractivity contribution in [2.24, 2.45) is 5.92 Å². The molecule has 1 heterocycles. The highest BCUT2D eigenvalue weighted by molar-refractivity contribution is 5.94. The Bertz CT molecular complexity index is 445. The first kappa shape index (κ1) is 15.8. The van der Waals surface area contributed by atoms with Gasteiger partial charge in [0.1, 0.15) is 5.75 Å². The highest BCUT2D eigenvalue weighted by Gasteiger charge is 2.26. The van der Waals surface area contributed by atoms with Gasteiger partial charge in [0.2, 0.25) is 0 Å². The Kier molecular flexibility index (Phi) is 6.05. The molecule has 21 heavy (non-hydrogen) atoms. The number of carbonyl (C=O) groups is 1. The summed E-state index contributed by atoms with van der Waals surface area (Å²) in [7, 11) is 1.96. The van der Waals surface area contributed by atoms with Crippen LogP contribution in [-0.4, -0.2) is 44.1 Å². The van der Waals surface area contributed by atoms with Crippen LogP contribution in [-0.2, 0) is 0 Å². The number of nitrogens with zero attached hydrogens (tertiary/aromatic N) is 1. The maximum atomic E-state index is 12.4. The minimum Gasteiger partial charge on any atom is -0.494 e. The summed E-state index contributed by atoms with van der Waals surface area (Å²) in [5.74, 6) is 1.55. The van der Waals surface area contributed by atoms with E-state index in [1.165, 1.54) is 0 Å². The highest BCUT2D eigenvalue weighted by atomic mass is 16.5. The molecule has 1 aromatic rings. The van der Waals surface area contributed by atoms with Gasteiger partial charge in [-0.2, -0.15) is 0 Å². The summed E-state index contributed by atoms with van der Waals surface area (Å²) < 4.78 is 5.62. The number of likely N-dealkylation sites (tertiary alicyclic amines) is 1. The molecule has 1 aromatic carbocycles. The third-order valence-electron chi connectivity index (χ3n) is 3.93. The van der Waals surface area contributed by atoms with Crippen molar-refractivity contribution in [3.63, 3.8) is 0 Å². The standard InChI is InChI=1S/C17H26N2O2/c1-3-4-11-21-16-7-5-15(6-8-16)17(20)19-10-9-14(13-19)12-18-2/h5-8,14,18H,3-4,9-13H2,1-2H3. The largest absolute Gasteiger partial charge is 0.494 e. The fraction of sp³-hybridized carbons (Fsp3) is 0.588. The number of nitrogens with one attached hydrogen (secondary N) is 1. The van der Waals surface area contributed by atoms with E-state index in [1.807, 2.05) is 36.2 Å². The number of carbonyl (C=O) groups excluding carboxylic acids is 1. The summed E-state index contributed by atoms with van der Waals surface area (Å²) >= 11 is 0. The van der Waals surface area contributed by atoms with Crippen molar-refractivity contribution in [3.05, 3.63) is 29.8 Å². The number of rotatable bonds is 7. The van der Waals surface area contributed by atoms with E-state index in [-0.39, 0.29) is 5.91 Å². The van der Waals surface area contributed by atoms with Gasteiger partial charge >= 0.3 is 0 Å². The average molecular weight is 290 g/mol. The van der Waals surface area contributed by atoms with Crippen LogP contribution in [0.25, 0.3) is 0 Å². The van der Waals surface area contributed by atoms with E-state index in [2.05, 4.69) is 12.2 Å². The third-order valence-corrected chi connectivity index (χ3v) is 3.93. The summed E-state index contributed by atoms with van der Waals surface area (Å²) in [6.45, 7) is 5.58. The molecule has 0 spiro atoms.